The van der Waals surface area contributed by atoms with Crippen LogP contribution in [0.5, 0.6) is 0 Å². The van der Waals surface area contributed by atoms with Crippen molar-refractivity contribution in [1.82, 2.24) is 15.1 Å². The van der Waals surface area contributed by atoms with E-state index >= 15 is 0 Å². The molecule has 0 saturated heterocycles. The number of hydrogen-bond donors (Lipinski definition) is 3. The summed E-state index contributed by atoms with van der Waals surface area (Å²) in [6, 6.07) is 17.3. The number of rotatable bonds is 7. The van der Waals surface area contributed by atoms with Gasteiger partial charge < -0.3 is 20.4 Å². The van der Waals surface area contributed by atoms with Gasteiger partial charge in [0.05, 0.1) is 12.1 Å². The first-order chi connectivity index (χ1) is 16.4. The molecule has 178 valence electrons. The second-order valence-electron chi connectivity index (χ2n) is 8.74. The molecule has 2 aliphatic rings. The lowest BCUT2D eigenvalue weighted by Gasteiger charge is -2.41. The molecule has 1 heterocycles. The van der Waals surface area contributed by atoms with Gasteiger partial charge in [-0.15, -0.1) is 0 Å². The SMILES string of the molecule is O=C(O)CNC(=O)C1=C(O)N(C2CCCCC2)C(=O)N(Cc2ccc(-c3ccccc3)cc2)C1. The largest absolute Gasteiger partial charge is 0.494 e. The summed E-state index contributed by atoms with van der Waals surface area (Å²) in [6.07, 6.45) is 4.47. The van der Waals surface area contributed by atoms with Gasteiger partial charge in [0.1, 0.15) is 6.54 Å². The lowest BCUT2D eigenvalue weighted by molar-refractivity contribution is -0.137. The predicted octanol–water partition coefficient (Wildman–Crippen LogP) is 3.89. The molecular weight excluding hydrogens is 434 g/mol. The summed E-state index contributed by atoms with van der Waals surface area (Å²) in [5.41, 5.74) is 3.05. The van der Waals surface area contributed by atoms with Crippen molar-refractivity contribution in [3.8, 4) is 11.1 Å². The number of carbonyl (C=O) groups is 3. The molecule has 0 bridgehead atoms. The average Bonchev–Trinajstić information content (AvgIpc) is 2.86. The number of nitrogens with zero attached hydrogens (tertiary/aromatic N) is 2. The van der Waals surface area contributed by atoms with Crippen LogP contribution in [0.4, 0.5) is 4.79 Å². The molecule has 1 saturated carbocycles. The fraction of sp³-hybridized carbons (Fsp3) is 0.346. The molecule has 8 heteroatoms. The normalized spacial score (nSPS) is 17.1. The van der Waals surface area contributed by atoms with Crippen molar-refractivity contribution in [3.05, 3.63) is 71.6 Å². The number of urea groups is 1. The molecule has 0 atom stereocenters. The number of carboxylic acids is 1. The summed E-state index contributed by atoms with van der Waals surface area (Å²) in [5, 5.41) is 22.1. The van der Waals surface area contributed by atoms with Gasteiger partial charge in [-0.05, 0) is 29.5 Å². The number of hydrogen-bond acceptors (Lipinski definition) is 4. The van der Waals surface area contributed by atoms with Crippen molar-refractivity contribution in [3.63, 3.8) is 0 Å². The summed E-state index contributed by atoms with van der Waals surface area (Å²) < 4.78 is 0. The van der Waals surface area contributed by atoms with Crippen molar-refractivity contribution in [2.75, 3.05) is 13.1 Å². The Balaban J connectivity index is 1.57. The second-order valence-corrected chi connectivity index (χ2v) is 8.74. The topological polar surface area (TPSA) is 110 Å². The molecule has 0 aromatic heterocycles. The van der Waals surface area contributed by atoms with Gasteiger partial charge >= 0.3 is 12.0 Å². The third kappa shape index (κ3) is 5.22. The molecule has 2 aromatic rings. The average molecular weight is 464 g/mol. The molecule has 2 aromatic carbocycles. The highest BCUT2D eigenvalue weighted by molar-refractivity contribution is 5.98. The smallest absolute Gasteiger partial charge is 0.327 e. The molecule has 8 nitrogen and oxygen atoms in total. The number of benzene rings is 2. The van der Waals surface area contributed by atoms with E-state index in [1.165, 1.54) is 9.80 Å². The summed E-state index contributed by atoms with van der Waals surface area (Å²) in [6.45, 7) is -0.395. The molecule has 0 radical (unpaired) electrons. The third-order valence-electron chi connectivity index (χ3n) is 6.37. The van der Waals surface area contributed by atoms with E-state index in [4.69, 9.17) is 5.11 Å². The van der Waals surface area contributed by atoms with Crippen LogP contribution in [-0.4, -0.2) is 57.1 Å². The van der Waals surface area contributed by atoms with Gasteiger partial charge in [0.25, 0.3) is 5.91 Å². The van der Waals surface area contributed by atoms with E-state index in [-0.39, 0.29) is 36.6 Å². The molecule has 34 heavy (non-hydrogen) atoms. The maximum Gasteiger partial charge on any atom is 0.327 e. The summed E-state index contributed by atoms with van der Waals surface area (Å²) in [5.74, 6) is -2.23. The molecule has 1 aliphatic heterocycles. The Labute approximate surface area is 198 Å². The molecule has 4 rings (SSSR count). The van der Waals surface area contributed by atoms with E-state index in [0.717, 1.165) is 48.8 Å². The van der Waals surface area contributed by atoms with Crippen LogP contribution in [0.2, 0.25) is 0 Å². The molecular formula is C26H29N3O5. The van der Waals surface area contributed by atoms with Gasteiger partial charge in [-0.1, -0.05) is 73.9 Å². The number of aliphatic hydroxyl groups is 1. The first-order valence-corrected chi connectivity index (χ1v) is 11.6. The van der Waals surface area contributed by atoms with E-state index in [0.29, 0.717) is 0 Å². The van der Waals surface area contributed by atoms with Gasteiger partial charge in [-0.3, -0.25) is 14.5 Å². The van der Waals surface area contributed by atoms with E-state index in [9.17, 15) is 19.5 Å². The maximum atomic E-state index is 13.4. The van der Waals surface area contributed by atoms with Gasteiger partial charge in [0.2, 0.25) is 5.88 Å². The molecule has 3 N–H and O–H groups in total. The number of carbonyl (C=O) groups excluding carboxylic acids is 2. The number of carboxylic acid groups (broad SMARTS) is 1. The van der Waals surface area contributed by atoms with Crippen molar-refractivity contribution in [1.29, 1.82) is 0 Å². The zero-order valence-electron chi connectivity index (χ0n) is 18.9. The maximum absolute atomic E-state index is 13.4. The van der Waals surface area contributed by atoms with E-state index in [2.05, 4.69) is 5.32 Å². The Morgan fingerprint density at radius 2 is 1.59 bits per heavy atom. The van der Waals surface area contributed by atoms with Crippen LogP contribution in [-0.2, 0) is 16.1 Å². The first kappa shape index (κ1) is 23.4. The molecule has 3 amide bonds. The molecule has 1 fully saturated rings. The van der Waals surface area contributed by atoms with E-state index < -0.39 is 18.4 Å². The lowest BCUT2D eigenvalue weighted by atomic mass is 9.93. The summed E-state index contributed by atoms with van der Waals surface area (Å²) in [7, 11) is 0. The zero-order valence-corrected chi connectivity index (χ0v) is 18.9. The van der Waals surface area contributed by atoms with Crippen molar-refractivity contribution in [2.24, 2.45) is 0 Å². The summed E-state index contributed by atoms with van der Waals surface area (Å²) >= 11 is 0. The van der Waals surface area contributed by atoms with E-state index in [1.807, 2.05) is 54.6 Å². The van der Waals surface area contributed by atoms with Crippen LogP contribution >= 0.6 is 0 Å². The minimum Gasteiger partial charge on any atom is -0.494 e. The standard InChI is InChI=1S/C26H29N3O5/c30-23(31)15-27-24(32)22-17-28(26(34)29(25(22)33)21-9-5-2-6-10-21)16-18-11-13-20(14-12-18)19-7-3-1-4-8-19/h1,3-4,7-8,11-14,21,33H,2,5-6,9-10,15-17H2,(H,27,32)(H,30,31). The number of aliphatic hydroxyl groups excluding tert-OH is 1. The van der Waals surface area contributed by atoms with Gasteiger partial charge in [0.15, 0.2) is 0 Å². The fourth-order valence-corrected chi connectivity index (χ4v) is 4.60. The van der Waals surface area contributed by atoms with Crippen LogP contribution in [0.1, 0.15) is 37.7 Å². The Kier molecular flexibility index (Phi) is 7.15. The Morgan fingerprint density at radius 1 is 0.941 bits per heavy atom. The first-order valence-electron chi connectivity index (χ1n) is 11.6. The minimum absolute atomic E-state index is 0.00679. The second kappa shape index (κ2) is 10.4. The summed E-state index contributed by atoms with van der Waals surface area (Å²) in [4.78, 5) is 39.8. The highest BCUT2D eigenvalue weighted by atomic mass is 16.4. The van der Waals surface area contributed by atoms with Crippen molar-refractivity contribution >= 4 is 17.9 Å². The Bertz CT molecular complexity index is 1080. The Morgan fingerprint density at radius 3 is 2.24 bits per heavy atom. The van der Waals surface area contributed by atoms with Gasteiger partial charge in [-0.2, -0.15) is 0 Å². The quantitative estimate of drug-likeness (QED) is 0.577. The number of nitrogens with one attached hydrogen (secondary N) is 1. The van der Waals surface area contributed by atoms with Crippen LogP contribution < -0.4 is 5.32 Å². The monoisotopic (exact) mass is 463 g/mol. The van der Waals surface area contributed by atoms with Crippen LogP contribution in [0, 0.1) is 0 Å². The van der Waals surface area contributed by atoms with Crippen LogP contribution in [0.3, 0.4) is 0 Å². The lowest BCUT2D eigenvalue weighted by Crippen LogP contribution is -2.54. The zero-order chi connectivity index (χ0) is 24.1. The number of aliphatic carboxylic acids is 1. The molecule has 1 aliphatic carbocycles. The van der Waals surface area contributed by atoms with Crippen molar-refractivity contribution in [2.45, 2.75) is 44.7 Å². The van der Waals surface area contributed by atoms with E-state index in [1.54, 1.807) is 0 Å². The highest BCUT2D eigenvalue weighted by Crippen LogP contribution is 2.31. The van der Waals surface area contributed by atoms with Crippen LogP contribution in [0.25, 0.3) is 11.1 Å². The van der Waals surface area contributed by atoms with Crippen molar-refractivity contribution < 1.29 is 24.6 Å². The molecule has 0 spiro atoms. The van der Waals surface area contributed by atoms with Gasteiger partial charge in [-0.25, -0.2) is 4.79 Å². The number of amides is 3. The highest BCUT2D eigenvalue weighted by Gasteiger charge is 2.39. The van der Waals surface area contributed by atoms with Gasteiger partial charge in [0, 0.05) is 12.6 Å². The molecule has 0 unspecified atom stereocenters. The minimum atomic E-state index is -1.18. The fourth-order valence-electron chi connectivity index (χ4n) is 4.60. The third-order valence-corrected chi connectivity index (χ3v) is 6.37. The predicted molar refractivity (Wildman–Crippen MR) is 127 cm³/mol. The Hall–Kier alpha value is -3.81. The van der Waals surface area contributed by atoms with Crippen LogP contribution in [0.15, 0.2) is 66.1 Å².